The Morgan fingerprint density at radius 3 is 2.17 bits per heavy atom. The summed E-state index contributed by atoms with van der Waals surface area (Å²) in [6.45, 7) is 0.800. The second-order valence-electron chi connectivity index (χ2n) is 10.2. The van der Waals surface area contributed by atoms with E-state index in [2.05, 4.69) is 17.1 Å². The summed E-state index contributed by atoms with van der Waals surface area (Å²) in [7, 11) is 0. The van der Waals surface area contributed by atoms with E-state index < -0.39 is 0 Å². The third-order valence-corrected chi connectivity index (χ3v) is 7.51. The van der Waals surface area contributed by atoms with Gasteiger partial charge in [-0.15, -0.1) is 0 Å². The van der Waals surface area contributed by atoms with Crippen molar-refractivity contribution in [3.05, 3.63) is 150 Å². The number of fused-ring (bicyclic) bond motifs is 2. The molecule has 5 heteroatoms. The monoisotopic (exact) mass is 533 g/mol. The third kappa shape index (κ3) is 4.77. The fourth-order valence-electron chi connectivity index (χ4n) is 5.59. The molecule has 0 amide bonds. The van der Waals surface area contributed by atoms with Crippen molar-refractivity contribution >= 4 is 22.4 Å². The van der Waals surface area contributed by atoms with E-state index in [9.17, 15) is 4.79 Å². The van der Waals surface area contributed by atoms with Gasteiger partial charge in [-0.05, 0) is 40.5 Å². The summed E-state index contributed by atoms with van der Waals surface area (Å²) in [4.78, 5) is 18.9. The summed E-state index contributed by atoms with van der Waals surface area (Å²) in [5.74, 6) is -0.146. The molecule has 3 heterocycles. The van der Waals surface area contributed by atoms with Crippen LogP contribution in [-0.4, -0.2) is 27.3 Å². The molecule has 41 heavy (non-hydrogen) atoms. The van der Waals surface area contributed by atoms with Crippen LogP contribution in [0.4, 0.5) is 0 Å². The minimum Gasteiger partial charge on any atom is -0.372 e. The molecule has 7 rings (SSSR count). The highest BCUT2D eigenvalue weighted by atomic mass is 16.5. The number of hydrogen-bond donors (Lipinski definition) is 0. The van der Waals surface area contributed by atoms with Gasteiger partial charge in [-0.3, -0.25) is 9.78 Å². The van der Waals surface area contributed by atoms with Crippen molar-refractivity contribution in [3.63, 3.8) is 0 Å². The van der Waals surface area contributed by atoms with E-state index in [1.54, 1.807) is 10.9 Å². The average Bonchev–Trinajstić information content (AvgIpc) is 3.42. The molecule has 0 atom stereocenters. The summed E-state index contributed by atoms with van der Waals surface area (Å²) in [6.07, 6.45) is 2.33. The van der Waals surface area contributed by atoms with Crippen LogP contribution in [0.25, 0.3) is 38.9 Å². The fourth-order valence-corrected chi connectivity index (χ4v) is 5.59. The summed E-state index contributed by atoms with van der Waals surface area (Å²) < 4.78 is 7.85. The molecule has 0 bridgehead atoms. The largest absolute Gasteiger partial charge is 0.372 e. The van der Waals surface area contributed by atoms with Crippen molar-refractivity contribution in [2.45, 2.75) is 13.0 Å². The van der Waals surface area contributed by atoms with Crippen molar-refractivity contribution in [1.82, 2.24) is 14.8 Å². The highest BCUT2D eigenvalue weighted by Gasteiger charge is 2.33. The minimum absolute atomic E-state index is 0.146. The number of pyridine rings is 1. The molecule has 0 unspecified atom stereocenters. The molecule has 4 aromatic carbocycles. The zero-order valence-corrected chi connectivity index (χ0v) is 22.4. The maximum Gasteiger partial charge on any atom is 0.279 e. The molecule has 0 N–H and O–H groups in total. The van der Waals surface area contributed by atoms with Gasteiger partial charge in [0.1, 0.15) is 5.69 Å². The molecule has 0 saturated carbocycles. The molecule has 0 aliphatic carbocycles. The maximum absolute atomic E-state index is 14.4. The van der Waals surface area contributed by atoms with Gasteiger partial charge in [0.2, 0.25) is 0 Å². The Bertz CT molecular complexity index is 1890. The molecule has 1 aliphatic rings. The number of carbonyl (C=O) groups is 1. The van der Waals surface area contributed by atoms with Crippen LogP contribution < -0.4 is 0 Å². The van der Waals surface area contributed by atoms with E-state index in [4.69, 9.17) is 9.84 Å². The number of nitrogens with zero attached hydrogens (tertiary/aromatic N) is 3. The van der Waals surface area contributed by atoms with Crippen LogP contribution in [0.15, 0.2) is 133 Å². The van der Waals surface area contributed by atoms with Gasteiger partial charge in [-0.1, -0.05) is 103 Å². The van der Waals surface area contributed by atoms with Crippen molar-refractivity contribution in [1.29, 1.82) is 0 Å². The first-order chi connectivity index (χ1) is 20.3. The smallest absolute Gasteiger partial charge is 0.279 e. The lowest BCUT2D eigenvalue weighted by atomic mass is 9.89. The Balaban J connectivity index is 1.37. The Morgan fingerprint density at radius 2 is 1.41 bits per heavy atom. The highest BCUT2D eigenvalue weighted by molar-refractivity contribution is 6.23. The van der Waals surface area contributed by atoms with Gasteiger partial charge >= 0.3 is 0 Å². The molecule has 2 aromatic heterocycles. The fraction of sp³-hybridized carbons (Fsp3) is 0.0833. The molecular formula is C36H27N3O2. The number of ether oxygens (including phenoxy) is 1. The van der Waals surface area contributed by atoms with Crippen molar-refractivity contribution in [2.75, 3.05) is 6.61 Å². The molecule has 5 nitrogen and oxygen atoms in total. The van der Waals surface area contributed by atoms with Crippen LogP contribution in [0.1, 0.15) is 21.6 Å². The molecule has 0 spiro atoms. The van der Waals surface area contributed by atoms with Gasteiger partial charge in [-0.2, -0.15) is 9.78 Å². The Hall–Kier alpha value is -5.13. The first kappa shape index (κ1) is 24.9. The van der Waals surface area contributed by atoms with Gasteiger partial charge in [0, 0.05) is 29.1 Å². The number of benzene rings is 4. The highest BCUT2D eigenvalue weighted by Crippen LogP contribution is 2.40. The Labute approximate surface area is 238 Å². The lowest BCUT2D eigenvalue weighted by molar-refractivity contribution is 0.0951. The van der Waals surface area contributed by atoms with Gasteiger partial charge in [0.05, 0.1) is 30.0 Å². The SMILES string of the molecule is O=C1C(c2ccc3ncccc3c2)=C(COCc2ccccc2)Cc2c(-c3ccccc3)c(-c3ccccc3)nn21. The summed E-state index contributed by atoms with van der Waals surface area (Å²) in [5, 5.41) is 5.94. The second kappa shape index (κ2) is 10.8. The molecule has 0 radical (unpaired) electrons. The van der Waals surface area contributed by atoms with Gasteiger partial charge < -0.3 is 4.74 Å². The topological polar surface area (TPSA) is 57.0 Å². The van der Waals surface area contributed by atoms with Crippen LogP contribution in [0.2, 0.25) is 0 Å². The Kier molecular flexibility index (Phi) is 6.55. The molecule has 0 fully saturated rings. The minimum atomic E-state index is -0.146. The van der Waals surface area contributed by atoms with Crippen LogP contribution in [0.5, 0.6) is 0 Å². The van der Waals surface area contributed by atoms with Crippen LogP contribution >= 0.6 is 0 Å². The number of rotatable bonds is 7. The molecule has 1 aliphatic heterocycles. The molecular weight excluding hydrogens is 506 g/mol. The van der Waals surface area contributed by atoms with Crippen LogP contribution in [0.3, 0.4) is 0 Å². The number of aromatic nitrogens is 3. The standard InChI is InChI=1S/C36H27N3O2/c40-36-33(29-18-19-31-28(21-29)17-10-20-37-31)30(24-41-23-25-11-4-1-5-12-25)22-32-34(26-13-6-2-7-14-26)35(38-39(32)36)27-15-8-3-9-16-27/h1-21H,22-24H2. The lowest BCUT2D eigenvalue weighted by Gasteiger charge is -2.22. The summed E-state index contributed by atoms with van der Waals surface area (Å²) in [6, 6.07) is 40.3. The lowest BCUT2D eigenvalue weighted by Crippen LogP contribution is -2.25. The first-order valence-electron chi connectivity index (χ1n) is 13.7. The normalized spacial score (nSPS) is 13.0. The maximum atomic E-state index is 14.4. The third-order valence-electron chi connectivity index (χ3n) is 7.51. The number of carbonyl (C=O) groups excluding carboxylic acids is 1. The predicted molar refractivity (Wildman–Crippen MR) is 162 cm³/mol. The van der Waals surface area contributed by atoms with E-state index in [1.807, 2.05) is 109 Å². The zero-order valence-electron chi connectivity index (χ0n) is 22.4. The quantitative estimate of drug-likeness (QED) is 0.212. The van der Waals surface area contributed by atoms with Crippen molar-refractivity contribution < 1.29 is 9.53 Å². The Morgan fingerprint density at radius 1 is 0.707 bits per heavy atom. The summed E-state index contributed by atoms with van der Waals surface area (Å²) in [5.41, 5.74) is 9.07. The second-order valence-corrected chi connectivity index (χ2v) is 10.2. The predicted octanol–water partition coefficient (Wildman–Crippen LogP) is 7.63. The van der Waals surface area contributed by atoms with Crippen molar-refractivity contribution in [3.8, 4) is 22.4 Å². The van der Waals surface area contributed by atoms with Crippen LogP contribution in [0, 0.1) is 0 Å². The summed E-state index contributed by atoms with van der Waals surface area (Å²) >= 11 is 0. The van der Waals surface area contributed by atoms with E-state index in [0.717, 1.165) is 55.7 Å². The van der Waals surface area contributed by atoms with Gasteiger partial charge in [0.15, 0.2) is 0 Å². The van der Waals surface area contributed by atoms with E-state index >= 15 is 0 Å². The van der Waals surface area contributed by atoms with Gasteiger partial charge in [0.25, 0.3) is 5.91 Å². The van der Waals surface area contributed by atoms with Crippen LogP contribution in [-0.2, 0) is 17.8 Å². The average molecular weight is 534 g/mol. The molecule has 6 aromatic rings. The van der Waals surface area contributed by atoms with E-state index in [-0.39, 0.29) is 5.91 Å². The molecule has 198 valence electrons. The molecule has 0 saturated heterocycles. The van der Waals surface area contributed by atoms with Gasteiger partial charge in [-0.25, -0.2) is 0 Å². The zero-order chi connectivity index (χ0) is 27.6. The number of hydrogen-bond acceptors (Lipinski definition) is 4. The van der Waals surface area contributed by atoms with E-state index in [0.29, 0.717) is 25.2 Å². The first-order valence-corrected chi connectivity index (χ1v) is 13.7. The van der Waals surface area contributed by atoms with E-state index in [1.165, 1.54) is 0 Å². The number of allylic oxidation sites excluding steroid dienone is 1. The van der Waals surface area contributed by atoms with Crippen molar-refractivity contribution in [2.24, 2.45) is 0 Å².